The van der Waals surface area contributed by atoms with Gasteiger partial charge < -0.3 is 4.74 Å². The third-order valence-corrected chi connectivity index (χ3v) is 8.17. The van der Waals surface area contributed by atoms with Gasteiger partial charge in [-0.1, -0.05) is 0 Å². The van der Waals surface area contributed by atoms with Crippen LogP contribution >= 0.6 is 0 Å². The van der Waals surface area contributed by atoms with Crippen molar-refractivity contribution in [1.82, 2.24) is 19.2 Å². The first kappa shape index (κ1) is 21.6. The highest BCUT2D eigenvalue weighted by Gasteiger charge is 2.41. The Kier molecular flexibility index (Phi) is 5.37. The normalized spacial score (nSPS) is 25.0. The van der Waals surface area contributed by atoms with E-state index in [1.807, 2.05) is 0 Å². The van der Waals surface area contributed by atoms with E-state index in [0.29, 0.717) is 31.3 Å². The summed E-state index contributed by atoms with van der Waals surface area (Å²) in [6.07, 6.45) is 1.73. The first-order valence-electron chi connectivity index (χ1n) is 10.6. The Bertz CT molecular complexity index is 1070. The largest absolute Gasteiger partial charge is 0.472 e. The van der Waals surface area contributed by atoms with Crippen LogP contribution in [0.25, 0.3) is 0 Å². The Labute approximate surface area is 184 Å². The average molecular weight is 469 g/mol. The van der Waals surface area contributed by atoms with Crippen molar-refractivity contribution in [2.24, 2.45) is 0 Å². The topological polar surface area (TPSA) is 75.6 Å². The number of nitrogens with zero attached hydrogens (tertiary/aromatic N) is 4. The minimum atomic E-state index is -4.50. The van der Waals surface area contributed by atoms with Crippen molar-refractivity contribution in [3.63, 3.8) is 0 Å². The van der Waals surface area contributed by atoms with Gasteiger partial charge in [0, 0.05) is 44.6 Å². The molecule has 0 N–H and O–H groups in total. The monoisotopic (exact) mass is 468 g/mol. The number of fused-ring (bicyclic) bond motifs is 1. The van der Waals surface area contributed by atoms with Crippen molar-refractivity contribution >= 4 is 10.0 Å². The fourth-order valence-electron chi connectivity index (χ4n) is 4.38. The van der Waals surface area contributed by atoms with Crippen molar-refractivity contribution in [3.8, 4) is 5.88 Å². The van der Waals surface area contributed by atoms with E-state index in [-0.39, 0.29) is 30.1 Å². The Morgan fingerprint density at radius 2 is 1.75 bits per heavy atom. The van der Waals surface area contributed by atoms with Crippen LogP contribution in [-0.2, 0) is 16.2 Å². The molecule has 32 heavy (non-hydrogen) atoms. The van der Waals surface area contributed by atoms with Crippen molar-refractivity contribution in [2.45, 2.75) is 48.4 Å². The fourth-order valence-corrected chi connectivity index (χ4v) is 5.85. The van der Waals surface area contributed by atoms with Gasteiger partial charge in [0.05, 0.1) is 28.5 Å². The molecule has 2 saturated heterocycles. The summed E-state index contributed by atoms with van der Waals surface area (Å²) in [6.45, 7) is 1.76. The number of ether oxygens (including phenoxy) is 1. The number of alkyl halides is 3. The van der Waals surface area contributed by atoms with E-state index < -0.39 is 21.8 Å². The predicted molar refractivity (Wildman–Crippen MR) is 109 cm³/mol. The molecule has 1 saturated carbocycles. The summed E-state index contributed by atoms with van der Waals surface area (Å²) < 4.78 is 71.6. The van der Waals surface area contributed by atoms with Crippen LogP contribution in [0.4, 0.5) is 13.2 Å². The van der Waals surface area contributed by atoms with Crippen molar-refractivity contribution in [2.75, 3.05) is 26.2 Å². The molecule has 3 aliphatic rings. The smallest absolute Gasteiger partial charge is 0.416 e. The van der Waals surface area contributed by atoms with Gasteiger partial charge in [0.1, 0.15) is 6.10 Å². The van der Waals surface area contributed by atoms with Crippen LogP contribution in [0.5, 0.6) is 5.88 Å². The first-order chi connectivity index (χ1) is 15.2. The molecule has 0 amide bonds. The van der Waals surface area contributed by atoms with Crippen LogP contribution in [0.1, 0.15) is 36.4 Å². The summed E-state index contributed by atoms with van der Waals surface area (Å²) >= 11 is 0. The lowest BCUT2D eigenvalue weighted by atomic mass is 10.2. The number of hydrogen-bond acceptors (Lipinski definition) is 6. The lowest BCUT2D eigenvalue weighted by molar-refractivity contribution is -0.137. The Hall–Kier alpha value is -2.24. The zero-order valence-electron chi connectivity index (χ0n) is 17.2. The first-order valence-corrected chi connectivity index (χ1v) is 12.0. The number of halogens is 3. The molecule has 1 aromatic carbocycles. The van der Waals surface area contributed by atoms with Gasteiger partial charge in [-0.05, 0) is 37.1 Å². The molecule has 7 nitrogen and oxygen atoms in total. The Morgan fingerprint density at radius 1 is 1.00 bits per heavy atom. The molecular formula is C21H23F3N4O3S. The zero-order valence-corrected chi connectivity index (χ0v) is 18.0. The van der Waals surface area contributed by atoms with E-state index in [2.05, 4.69) is 14.9 Å². The number of aromatic nitrogens is 2. The number of sulfonamides is 1. The van der Waals surface area contributed by atoms with E-state index in [0.717, 1.165) is 42.8 Å². The van der Waals surface area contributed by atoms with Crippen molar-refractivity contribution in [3.05, 3.63) is 47.9 Å². The molecule has 11 heteroatoms. The molecule has 2 unspecified atom stereocenters. The van der Waals surface area contributed by atoms with Gasteiger partial charge in [-0.2, -0.15) is 17.5 Å². The molecule has 0 radical (unpaired) electrons. The lowest BCUT2D eigenvalue weighted by Gasteiger charge is -2.36. The highest BCUT2D eigenvalue weighted by atomic mass is 32.2. The molecule has 2 aliphatic heterocycles. The van der Waals surface area contributed by atoms with Gasteiger partial charge in [0.25, 0.3) is 0 Å². The lowest BCUT2D eigenvalue weighted by Crippen LogP contribution is -2.51. The third kappa shape index (κ3) is 4.33. The van der Waals surface area contributed by atoms with Crippen molar-refractivity contribution < 1.29 is 26.3 Å². The van der Waals surface area contributed by atoms with Crippen LogP contribution in [0.3, 0.4) is 0 Å². The summed E-state index contributed by atoms with van der Waals surface area (Å²) in [5, 5.41) is 0. The number of piperazine rings is 1. The molecule has 0 spiro atoms. The molecule has 1 aliphatic carbocycles. The van der Waals surface area contributed by atoms with Crippen LogP contribution in [-0.4, -0.2) is 65.9 Å². The maximum Gasteiger partial charge on any atom is 0.416 e. The quantitative estimate of drug-likeness (QED) is 0.672. The van der Waals surface area contributed by atoms with Gasteiger partial charge in [0.15, 0.2) is 0 Å². The Balaban J connectivity index is 1.22. The summed E-state index contributed by atoms with van der Waals surface area (Å²) in [7, 11) is -3.87. The average Bonchev–Trinajstić information content (AvgIpc) is 3.53. The van der Waals surface area contributed by atoms with Crippen LogP contribution in [0.2, 0.25) is 0 Å². The van der Waals surface area contributed by atoms with E-state index in [9.17, 15) is 21.6 Å². The molecule has 172 valence electrons. The standard InChI is InChI=1S/C21H23F3N4O3S/c22-21(23,24)15-3-5-18(6-4-15)32(29,30)28-8-7-27-13-17(9-16(27)12-28)31-20-11-25-19(10-26-20)14-1-2-14/h3-6,10-11,14,16-17H,1-2,7-9,12-13H2. The zero-order chi connectivity index (χ0) is 22.5. The summed E-state index contributed by atoms with van der Waals surface area (Å²) in [6, 6.07) is 3.64. The molecular weight excluding hydrogens is 445 g/mol. The van der Waals surface area contributed by atoms with Crippen LogP contribution < -0.4 is 4.74 Å². The van der Waals surface area contributed by atoms with Gasteiger partial charge in [-0.3, -0.25) is 9.88 Å². The highest BCUT2D eigenvalue weighted by Crippen LogP contribution is 2.38. The predicted octanol–water partition coefficient (Wildman–Crippen LogP) is 2.90. The second kappa shape index (κ2) is 7.96. The minimum absolute atomic E-state index is 0.0170. The maximum absolute atomic E-state index is 13.0. The van der Waals surface area contributed by atoms with Gasteiger partial charge in [-0.15, -0.1) is 0 Å². The van der Waals surface area contributed by atoms with Crippen LogP contribution in [0, 0.1) is 0 Å². The van der Waals surface area contributed by atoms with Gasteiger partial charge in [-0.25, -0.2) is 13.4 Å². The molecule has 1 aromatic heterocycles. The molecule has 2 atom stereocenters. The maximum atomic E-state index is 13.0. The van der Waals surface area contributed by atoms with E-state index in [4.69, 9.17) is 4.74 Å². The summed E-state index contributed by atoms with van der Waals surface area (Å²) in [5.41, 5.74) is 0.121. The summed E-state index contributed by atoms with van der Waals surface area (Å²) in [5.74, 6) is 0.989. The molecule has 3 heterocycles. The van der Waals surface area contributed by atoms with Crippen molar-refractivity contribution in [1.29, 1.82) is 0 Å². The molecule has 3 fully saturated rings. The summed E-state index contributed by atoms with van der Waals surface area (Å²) in [4.78, 5) is 10.8. The molecule has 2 aromatic rings. The fraction of sp³-hybridized carbons (Fsp3) is 0.524. The third-order valence-electron chi connectivity index (χ3n) is 6.29. The van der Waals surface area contributed by atoms with E-state index in [1.54, 1.807) is 12.4 Å². The SMILES string of the molecule is O=S(=O)(c1ccc(C(F)(F)F)cc1)N1CCN2CC(Oc3cnc(C4CC4)cn3)CC2C1. The second-order valence-electron chi connectivity index (χ2n) is 8.56. The van der Waals surface area contributed by atoms with E-state index >= 15 is 0 Å². The van der Waals surface area contributed by atoms with Gasteiger partial charge >= 0.3 is 6.18 Å². The number of rotatable bonds is 5. The molecule has 0 bridgehead atoms. The second-order valence-corrected chi connectivity index (χ2v) is 10.5. The molecule has 5 rings (SSSR count). The minimum Gasteiger partial charge on any atom is -0.472 e. The number of hydrogen-bond donors (Lipinski definition) is 0. The Morgan fingerprint density at radius 3 is 2.38 bits per heavy atom. The van der Waals surface area contributed by atoms with E-state index in [1.165, 1.54) is 4.31 Å². The highest BCUT2D eigenvalue weighted by molar-refractivity contribution is 7.89. The number of benzene rings is 1. The van der Waals surface area contributed by atoms with Crippen LogP contribution in [0.15, 0.2) is 41.6 Å². The van der Waals surface area contributed by atoms with Gasteiger partial charge in [0.2, 0.25) is 15.9 Å².